The van der Waals surface area contributed by atoms with Crippen LogP contribution in [0.25, 0.3) is 10.9 Å². The molecule has 2 aromatic carbocycles. The van der Waals surface area contributed by atoms with E-state index in [-0.39, 0.29) is 0 Å². The average molecular weight is 292 g/mol. The third-order valence-electron chi connectivity index (χ3n) is 3.80. The van der Waals surface area contributed by atoms with Gasteiger partial charge in [-0.15, -0.1) is 0 Å². The first kappa shape index (κ1) is 14.4. The van der Waals surface area contributed by atoms with Gasteiger partial charge >= 0.3 is 0 Å². The summed E-state index contributed by atoms with van der Waals surface area (Å²) in [5, 5.41) is 1.14. The standard InChI is InChI=1S/C19H20N2O/c1-14-11-19(21(2)13-15-7-5-4-6-8-15)17-10-9-16(22-3)12-18(17)20-14/h4-12H,13H2,1-3H3. The fourth-order valence-electron chi connectivity index (χ4n) is 2.70. The van der Waals surface area contributed by atoms with Crippen LogP contribution in [0.1, 0.15) is 11.3 Å². The van der Waals surface area contributed by atoms with Gasteiger partial charge in [-0.2, -0.15) is 0 Å². The summed E-state index contributed by atoms with van der Waals surface area (Å²) in [5.74, 6) is 0.835. The average Bonchev–Trinajstić information content (AvgIpc) is 2.54. The Bertz CT molecular complexity index is 784. The Morgan fingerprint density at radius 2 is 1.82 bits per heavy atom. The van der Waals surface area contributed by atoms with Gasteiger partial charge in [-0.05, 0) is 30.7 Å². The Kier molecular flexibility index (Phi) is 3.96. The highest BCUT2D eigenvalue weighted by Crippen LogP contribution is 2.29. The van der Waals surface area contributed by atoms with Gasteiger partial charge in [-0.3, -0.25) is 4.98 Å². The van der Waals surface area contributed by atoms with Crippen molar-refractivity contribution in [1.29, 1.82) is 0 Å². The number of methoxy groups -OCH3 is 1. The van der Waals surface area contributed by atoms with Gasteiger partial charge in [-0.25, -0.2) is 0 Å². The third-order valence-corrected chi connectivity index (χ3v) is 3.80. The van der Waals surface area contributed by atoms with E-state index in [4.69, 9.17) is 4.74 Å². The summed E-state index contributed by atoms with van der Waals surface area (Å²) in [7, 11) is 3.80. The molecule has 0 atom stereocenters. The molecule has 0 N–H and O–H groups in total. The van der Waals surface area contributed by atoms with Gasteiger partial charge in [0.25, 0.3) is 0 Å². The number of hydrogen-bond donors (Lipinski definition) is 0. The van der Waals surface area contributed by atoms with Crippen LogP contribution in [0.4, 0.5) is 5.69 Å². The maximum Gasteiger partial charge on any atom is 0.121 e. The first-order chi connectivity index (χ1) is 10.7. The summed E-state index contributed by atoms with van der Waals surface area (Å²) >= 11 is 0. The van der Waals surface area contributed by atoms with E-state index in [1.54, 1.807) is 7.11 Å². The van der Waals surface area contributed by atoms with Crippen LogP contribution in [0, 0.1) is 6.92 Å². The molecule has 1 heterocycles. The lowest BCUT2D eigenvalue weighted by atomic mass is 10.1. The second-order valence-electron chi connectivity index (χ2n) is 5.51. The van der Waals surface area contributed by atoms with Gasteiger partial charge in [0.2, 0.25) is 0 Å². The van der Waals surface area contributed by atoms with Crippen molar-refractivity contribution in [2.75, 3.05) is 19.1 Å². The molecule has 3 heteroatoms. The zero-order valence-corrected chi connectivity index (χ0v) is 13.2. The summed E-state index contributed by atoms with van der Waals surface area (Å²) in [6.45, 7) is 2.89. The third kappa shape index (κ3) is 2.89. The van der Waals surface area contributed by atoms with Crippen LogP contribution in [0.2, 0.25) is 0 Å². The van der Waals surface area contributed by atoms with Crippen molar-refractivity contribution in [2.45, 2.75) is 13.5 Å². The normalized spacial score (nSPS) is 10.7. The van der Waals surface area contributed by atoms with E-state index < -0.39 is 0 Å². The van der Waals surface area contributed by atoms with Gasteiger partial charge < -0.3 is 9.64 Å². The molecule has 0 aliphatic heterocycles. The molecule has 0 spiro atoms. The Labute approximate surface area is 131 Å². The lowest BCUT2D eigenvalue weighted by molar-refractivity contribution is 0.415. The van der Waals surface area contributed by atoms with Crippen molar-refractivity contribution < 1.29 is 4.74 Å². The molecule has 22 heavy (non-hydrogen) atoms. The van der Waals surface area contributed by atoms with Crippen molar-refractivity contribution in [3.63, 3.8) is 0 Å². The molecule has 3 nitrogen and oxygen atoms in total. The van der Waals surface area contributed by atoms with E-state index in [0.29, 0.717) is 0 Å². The smallest absolute Gasteiger partial charge is 0.121 e. The number of pyridine rings is 1. The number of ether oxygens (including phenoxy) is 1. The number of rotatable bonds is 4. The molecule has 0 saturated carbocycles. The van der Waals surface area contributed by atoms with Gasteiger partial charge in [-0.1, -0.05) is 30.3 Å². The molecular formula is C19H20N2O. The van der Waals surface area contributed by atoms with E-state index in [2.05, 4.69) is 53.3 Å². The van der Waals surface area contributed by atoms with Crippen LogP contribution in [0.3, 0.4) is 0 Å². The maximum atomic E-state index is 5.30. The minimum absolute atomic E-state index is 0.835. The van der Waals surface area contributed by atoms with Crippen molar-refractivity contribution in [2.24, 2.45) is 0 Å². The number of hydrogen-bond acceptors (Lipinski definition) is 3. The lowest BCUT2D eigenvalue weighted by Crippen LogP contribution is -2.17. The highest BCUT2D eigenvalue weighted by molar-refractivity contribution is 5.92. The summed E-state index contributed by atoms with van der Waals surface area (Å²) < 4.78 is 5.30. The lowest BCUT2D eigenvalue weighted by Gasteiger charge is -2.22. The van der Waals surface area contributed by atoms with Crippen LogP contribution < -0.4 is 9.64 Å². The number of benzene rings is 2. The Morgan fingerprint density at radius 1 is 1.05 bits per heavy atom. The highest BCUT2D eigenvalue weighted by Gasteiger charge is 2.10. The topological polar surface area (TPSA) is 25.4 Å². The van der Waals surface area contributed by atoms with E-state index in [0.717, 1.165) is 28.9 Å². The predicted molar refractivity (Wildman–Crippen MR) is 91.6 cm³/mol. The van der Waals surface area contributed by atoms with E-state index in [1.807, 2.05) is 25.1 Å². The van der Waals surface area contributed by atoms with Gasteiger partial charge in [0.05, 0.1) is 12.6 Å². The quantitative estimate of drug-likeness (QED) is 0.721. The largest absolute Gasteiger partial charge is 0.497 e. The second-order valence-corrected chi connectivity index (χ2v) is 5.51. The number of nitrogens with zero attached hydrogens (tertiary/aromatic N) is 2. The Morgan fingerprint density at radius 3 is 2.55 bits per heavy atom. The van der Waals surface area contributed by atoms with E-state index in [1.165, 1.54) is 11.3 Å². The van der Waals surface area contributed by atoms with Crippen LogP contribution in [-0.2, 0) is 6.54 Å². The van der Waals surface area contributed by atoms with Gasteiger partial charge in [0.1, 0.15) is 5.75 Å². The Hall–Kier alpha value is -2.55. The molecule has 3 aromatic rings. The number of aryl methyl sites for hydroxylation is 1. The van der Waals surface area contributed by atoms with E-state index >= 15 is 0 Å². The number of aromatic nitrogens is 1. The zero-order valence-electron chi connectivity index (χ0n) is 13.2. The summed E-state index contributed by atoms with van der Waals surface area (Å²) in [5.41, 5.74) is 4.46. The molecule has 1 aromatic heterocycles. The summed E-state index contributed by atoms with van der Waals surface area (Å²) in [6, 6.07) is 18.7. The maximum absolute atomic E-state index is 5.30. The highest BCUT2D eigenvalue weighted by atomic mass is 16.5. The van der Waals surface area contributed by atoms with Crippen molar-refractivity contribution >= 4 is 16.6 Å². The minimum atomic E-state index is 0.835. The number of fused-ring (bicyclic) bond motifs is 1. The predicted octanol–water partition coefficient (Wildman–Crippen LogP) is 4.19. The first-order valence-corrected chi connectivity index (χ1v) is 7.38. The van der Waals surface area contributed by atoms with Crippen molar-refractivity contribution in [3.8, 4) is 5.75 Å². The van der Waals surface area contributed by atoms with Crippen LogP contribution in [0.15, 0.2) is 54.6 Å². The SMILES string of the molecule is COc1ccc2c(N(C)Cc3ccccc3)cc(C)nc2c1. The van der Waals surface area contributed by atoms with E-state index in [9.17, 15) is 0 Å². The van der Waals surface area contributed by atoms with Crippen LogP contribution in [0.5, 0.6) is 5.75 Å². The number of anilines is 1. The first-order valence-electron chi connectivity index (χ1n) is 7.38. The molecule has 0 aliphatic rings. The van der Waals surface area contributed by atoms with Crippen molar-refractivity contribution in [1.82, 2.24) is 4.98 Å². The van der Waals surface area contributed by atoms with Gasteiger partial charge in [0, 0.05) is 36.4 Å². The molecule has 0 fully saturated rings. The molecule has 0 aliphatic carbocycles. The molecule has 0 radical (unpaired) electrons. The summed E-state index contributed by atoms with van der Waals surface area (Å²) in [6.07, 6.45) is 0. The fraction of sp³-hybridized carbons (Fsp3) is 0.211. The van der Waals surface area contributed by atoms with Crippen molar-refractivity contribution in [3.05, 3.63) is 65.9 Å². The molecule has 0 bridgehead atoms. The molecule has 0 amide bonds. The molecule has 112 valence electrons. The molecule has 3 rings (SSSR count). The summed E-state index contributed by atoms with van der Waals surface area (Å²) in [4.78, 5) is 6.89. The monoisotopic (exact) mass is 292 g/mol. The molecular weight excluding hydrogens is 272 g/mol. The van der Waals surface area contributed by atoms with Gasteiger partial charge in [0.15, 0.2) is 0 Å². The zero-order chi connectivity index (χ0) is 15.5. The Balaban J connectivity index is 2.02. The minimum Gasteiger partial charge on any atom is -0.497 e. The molecule has 0 saturated heterocycles. The van der Waals surface area contributed by atoms with Crippen LogP contribution in [-0.4, -0.2) is 19.1 Å². The molecule has 0 unspecified atom stereocenters. The fourth-order valence-corrected chi connectivity index (χ4v) is 2.70. The second kappa shape index (κ2) is 6.06. The van der Waals surface area contributed by atoms with Crippen LogP contribution >= 0.6 is 0 Å².